The summed E-state index contributed by atoms with van der Waals surface area (Å²) in [5.74, 6) is 0. The Morgan fingerprint density at radius 1 is 1.19 bits per heavy atom. The minimum atomic E-state index is -3.33. The second-order valence-electron chi connectivity index (χ2n) is 3.43. The van der Waals surface area contributed by atoms with Crippen molar-refractivity contribution in [3.8, 4) is 0 Å². The van der Waals surface area contributed by atoms with Gasteiger partial charge in [0.15, 0.2) is 0 Å². The molecule has 0 atom stereocenters. The SMILES string of the molecule is CCC(=C=CS(=O)(=O)c1ccccc1)CC. The third-order valence-electron chi connectivity index (χ3n) is 2.34. The maximum Gasteiger partial charge on any atom is 0.207 e. The minimum absolute atomic E-state index is 0.314. The van der Waals surface area contributed by atoms with Gasteiger partial charge in [-0.2, -0.15) is 0 Å². The summed E-state index contributed by atoms with van der Waals surface area (Å²) >= 11 is 0. The van der Waals surface area contributed by atoms with Gasteiger partial charge >= 0.3 is 0 Å². The second kappa shape index (κ2) is 5.69. The van der Waals surface area contributed by atoms with E-state index in [0.29, 0.717) is 4.90 Å². The fourth-order valence-electron chi connectivity index (χ4n) is 1.29. The van der Waals surface area contributed by atoms with E-state index in [4.69, 9.17) is 0 Å². The van der Waals surface area contributed by atoms with Crippen LogP contribution in [0.3, 0.4) is 0 Å². The number of hydrogen-bond acceptors (Lipinski definition) is 2. The summed E-state index contributed by atoms with van der Waals surface area (Å²) in [7, 11) is -3.33. The maximum absolute atomic E-state index is 11.8. The molecular weight excluding hydrogens is 220 g/mol. The Labute approximate surface area is 97.2 Å². The van der Waals surface area contributed by atoms with Crippen molar-refractivity contribution in [3.63, 3.8) is 0 Å². The Bertz CT molecular complexity index is 486. The molecule has 0 N–H and O–H groups in total. The van der Waals surface area contributed by atoms with Gasteiger partial charge in [0, 0.05) is 0 Å². The lowest BCUT2D eigenvalue weighted by Crippen LogP contribution is -1.94. The summed E-state index contributed by atoms with van der Waals surface area (Å²) in [6.07, 6.45) is 1.66. The molecule has 0 aromatic heterocycles. The van der Waals surface area contributed by atoms with E-state index in [9.17, 15) is 8.42 Å². The second-order valence-corrected chi connectivity index (χ2v) is 5.23. The zero-order chi connectivity index (χ0) is 12.0. The Kier molecular flexibility index (Phi) is 4.53. The van der Waals surface area contributed by atoms with Crippen molar-refractivity contribution in [2.24, 2.45) is 0 Å². The molecule has 0 saturated heterocycles. The van der Waals surface area contributed by atoms with E-state index in [0.717, 1.165) is 18.4 Å². The highest BCUT2D eigenvalue weighted by Crippen LogP contribution is 2.11. The Morgan fingerprint density at radius 3 is 2.25 bits per heavy atom. The van der Waals surface area contributed by atoms with Crippen molar-refractivity contribution in [3.05, 3.63) is 47.0 Å². The molecule has 0 fully saturated rings. The molecule has 0 amide bonds. The molecular formula is C13H16O2S. The summed E-state index contributed by atoms with van der Waals surface area (Å²) in [5.41, 5.74) is 3.87. The first-order chi connectivity index (χ1) is 7.60. The lowest BCUT2D eigenvalue weighted by molar-refractivity contribution is 0.604. The molecule has 0 spiro atoms. The Morgan fingerprint density at radius 2 is 1.75 bits per heavy atom. The van der Waals surface area contributed by atoms with Crippen LogP contribution in [0.5, 0.6) is 0 Å². The third-order valence-corrected chi connectivity index (χ3v) is 3.70. The van der Waals surface area contributed by atoms with Gasteiger partial charge in [-0.25, -0.2) is 8.42 Å². The van der Waals surface area contributed by atoms with Crippen molar-refractivity contribution in [1.29, 1.82) is 0 Å². The topological polar surface area (TPSA) is 34.1 Å². The first-order valence-electron chi connectivity index (χ1n) is 5.34. The van der Waals surface area contributed by atoms with Crippen LogP contribution in [0.25, 0.3) is 0 Å². The first kappa shape index (κ1) is 12.8. The molecule has 0 unspecified atom stereocenters. The molecule has 0 aliphatic heterocycles. The normalized spacial score (nSPS) is 10.6. The molecule has 86 valence electrons. The van der Waals surface area contributed by atoms with Crippen LogP contribution in [-0.2, 0) is 9.84 Å². The summed E-state index contributed by atoms with van der Waals surface area (Å²) < 4.78 is 23.7. The Hall–Kier alpha value is -1.31. The van der Waals surface area contributed by atoms with E-state index in [1.54, 1.807) is 30.3 Å². The number of hydrogen-bond donors (Lipinski definition) is 0. The molecule has 16 heavy (non-hydrogen) atoms. The van der Waals surface area contributed by atoms with Gasteiger partial charge in [0.25, 0.3) is 0 Å². The number of rotatable bonds is 4. The van der Waals surface area contributed by atoms with E-state index in [1.807, 2.05) is 13.8 Å². The lowest BCUT2D eigenvalue weighted by atomic mass is 10.2. The van der Waals surface area contributed by atoms with Crippen molar-refractivity contribution < 1.29 is 8.42 Å². The quantitative estimate of drug-likeness (QED) is 0.751. The van der Waals surface area contributed by atoms with Gasteiger partial charge in [0.2, 0.25) is 9.84 Å². The standard InChI is InChI=1S/C13H16O2S/c1-3-12(4-2)10-11-16(14,15)13-8-6-5-7-9-13/h5-9,11H,3-4H2,1-2H3. The average Bonchev–Trinajstić information content (AvgIpc) is 2.31. The van der Waals surface area contributed by atoms with Gasteiger partial charge in [0.05, 0.1) is 10.3 Å². The predicted molar refractivity (Wildman–Crippen MR) is 65.8 cm³/mol. The monoisotopic (exact) mass is 236 g/mol. The fraction of sp³-hybridized carbons (Fsp3) is 0.308. The molecule has 1 aromatic carbocycles. The zero-order valence-corrected chi connectivity index (χ0v) is 10.4. The van der Waals surface area contributed by atoms with Crippen LogP contribution < -0.4 is 0 Å². The van der Waals surface area contributed by atoms with E-state index < -0.39 is 9.84 Å². The van der Waals surface area contributed by atoms with Crippen molar-refractivity contribution in [2.45, 2.75) is 31.6 Å². The molecule has 1 rings (SSSR count). The van der Waals surface area contributed by atoms with Crippen LogP contribution in [0.15, 0.2) is 51.9 Å². The number of sulfone groups is 1. The van der Waals surface area contributed by atoms with Crippen LogP contribution in [0.1, 0.15) is 26.7 Å². The van der Waals surface area contributed by atoms with Gasteiger partial charge in [0.1, 0.15) is 0 Å². The van der Waals surface area contributed by atoms with Crippen LogP contribution in [0.4, 0.5) is 0 Å². The van der Waals surface area contributed by atoms with Crippen molar-refractivity contribution in [2.75, 3.05) is 0 Å². The number of allylic oxidation sites excluding steroid dienone is 1. The van der Waals surface area contributed by atoms with Crippen LogP contribution >= 0.6 is 0 Å². The first-order valence-corrected chi connectivity index (χ1v) is 6.89. The van der Waals surface area contributed by atoms with Gasteiger partial charge in [-0.15, -0.1) is 5.73 Å². The molecule has 1 aromatic rings. The van der Waals surface area contributed by atoms with Gasteiger partial charge < -0.3 is 0 Å². The van der Waals surface area contributed by atoms with Gasteiger partial charge in [-0.05, 0) is 30.5 Å². The summed E-state index contributed by atoms with van der Waals surface area (Å²) in [6.45, 7) is 3.99. The highest BCUT2D eigenvalue weighted by Gasteiger charge is 2.08. The highest BCUT2D eigenvalue weighted by atomic mass is 32.2. The third kappa shape index (κ3) is 3.37. The van der Waals surface area contributed by atoms with Crippen LogP contribution in [0, 0.1) is 0 Å². The van der Waals surface area contributed by atoms with E-state index in [1.165, 1.54) is 5.41 Å². The van der Waals surface area contributed by atoms with Crippen LogP contribution in [0.2, 0.25) is 0 Å². The fourth-order valence-corrected chi connectivity index (χ4v) is 2.29. The molecule has 0 aliphatic carbocycles. The molecule has 0 aliphatic rings. The predicted octanol–water partition coefficient (Wildman–Crippen LogP) is 3.32. The summed E-state index contributed by atoms with van der Waals surface area (Å²) in [4.78, 5) is 0.314. The zero-order valence-electron chi connectivity index (χ0n) is 9.60. The van der Waals surface area contributed by atoms with E-state index in [-0.39, 0.29) is 0 Å². The lowest BCUT2D eigenvalue weighted by Gasteiger charge is -1.97. The van der Waals surface area contributed by atoms with E-state index >= 15 is 0 Å². The Balaban J connectivity index is 3.11. The van der Waals surface area contributed by atoms with Crippen molar-refractivity contribution in [1.82, 2.24) is 0 Å². The largest absolute Gasteiger partial charge is 0.218 e. The molecule has 3 heteroatoms. The van der Waals surface area contributed by atoms with Gasteiger partial charge in [-0.1, -0.05) is 32.0 Å². The van der Waals surface area contributed by atoms with Crippen LogP contribution in [-0.4, -0.2) is 8.42 Å². The molecule has 0 heterocycles. The minimum Gasteiger partial charge on any atom is -0.218 e. The number of benzene rings is 1. The highest BCUT2D eigenvalue weighted by molar-refractivity contribution is 7.94. The molecule has 2 nitrogen and oxygen atoms in total. The van der Waals surface area contributed by atoms with Crippen molar-refractivity contribution >= 4 is 9.84 Å². The summed E-state index contributed by atoms with van der Waals surface area (Å²) in [6, 6.07) is 8.40. The average molecular weight is 236 g/mol. The summed E-state index contributed by atoms with van der Waals surface area (Å²) in [5, 5.41) is 1.17. The molecule has 0 saturated carbocycles. The van der Waals surface area contributed by atoms with Gasteiger partial charge in [-0.3, -0.25) is 0 Å². The van der Waals surface area contributed by atoms with E-state index in [2.05, 4.69) is 5.73 Å². The molecule has 0 bridgehead atoms. The maximum atomic E-state index is 11.8. The smallest absolute Gasteiger partial charge is 0.207 e. The molecule has 0 radical (unpaired) electrons.